The lowest BCUT2D eigenvalue weighted by Crippen LogP contribution is -2.57. The summed E-state index contributed by atoms with van der Waals surface area (Å²) in [6.45, 7) is 4.23. The lowest BCUT2D eigenvalue weighted by molar-refractivity contribution is -0.144. The first-order valence-corrected chi connectivity index (χ1v) is 14.3. The first-order valence-electron chi connectivity index (χ1n) is 12.1. The molecule has 9 heteroatoms. The Kier molecular flexibility index (Phi) is 6.76. The molecule has 5 rings (SSSR count). The van der Waals surface area contributed by atoms with Crippen molar-refractivity contribution in [2.45, 2.75) is 43.7 Å². The van der Waals surface area contributed by atoms with Crippen molar-refractivity contribution in [1.82, 2.24) is 14.1 Å². The van der Waals surface area contributed by atoms with Crippen LogP contribution in [0.2, 0.25) is 0 Å². The van der Waals surface area contributed by atoms with Crippen molar-refractivity contribution in [2.75, 3.05) is 26.2 Å². The van der Waals surface area contributed by atoms with Crippen LogP contribution in [-0.2, 0) is 26.2 Å². The minimum Gasteiger partial charge on any atom is -0.340 e. The molecule has 3 heterocycles. The Hall–Kier alpha value is -2.23. The fraction of sp³-hybridized carbons (Fsp3) is 0.462. The van der Waals surface area contributed by atoms with Crippen LogP contribution < -0.4 is 0 Å². The molecule has 0 aromatic heterocycles. The van der Waals surface area contributed by atoms with Crippen molar-refractivity contribution in [3.05, 3.63) is 64.1 Å². The Balaban J connectivity index is 1.27. The molecule has 186 valence electrons. The van der Waals surface area contributed by atoms with Crippen LogP contribution >= 0.6 is 15.9 Å². The normalized spacial score (nSPS) is 25.2. The summed E-state index contributed by atoms with van der Waals surface area (Å²) < 4.78 is 29.0. The fourth-order valence-corrected chi connectivity index (χ4v) is 7.68. The van der Waals surface area contributed by atoms with Crippen molar-refractivity contribution in [1.29, 1.82) is 0 Å². The molecule has 0 aliphatic carbocycles. The van der Waals surface area contributed by atoms with E-state index in [1.807, 2.05) is 48.2 Å². The van der Waals surface area contributed by atoms with Gasteiger partial charge in [-0.3, -0.25) is 9.59 Å². The average Bonchev–Trinajstić information content (AvgIpc) is 3.19. The van der Waals surface area contributed by atoms with Crippen LogP contribution in [0.25, 0.3) is 0 Å². The molecule has 0 saturated carbocycles. The molecular formula is C26H30BrN3O4S. The van der Waals surface area contributed by atoms with Crippen molar-refractivity contribution in [3.63, 3.8) is 0 Å². The minimum absolute atomic E-state index is 0.00618. The first kappa shape index (κ1) is 24.5. The van der Waals surface area contributed by atoms with Gasteiger partial charge < -0.3 is 9.80 Å². The van der Waals surface area contributed by atoms with Crippen LogP contribution in [-0.4, -0.2) is 66.6 Å². The number of fused-ring (bicyclic) bond motifs is 2. The predicted molar refractivity (Wildman–Crippen MR) is 136 cm³/mol. The molecule has 3 saturated heterocycles. The number of carbonyl (C=O) groups is 2. The summed E-state index contributed by atoms with van der Waals surface area (Å²) in [6.07, 6.45) is 1.83. The Morgan fingerprint density at radius 2 is 1.66 bits per heavy atom. The maximum atomic E-state index is 13.6. The number of likely N-dealkylation sites (tertiary alicyclic amines) is 2. The highest BCUT2D eigenvalue weighted by Gasteiger charge is 2.44. The standard InChI is InChI=1S/C26H30BrN3O4S/c1-18-6-8-22(9-7-18)35(33,34)29-15-19-12-20(16-29)14-28(13-19)26(32)24-10-11-25(31)30(24)17-21-4-2-3-5-23(21)27/h2-9,19-20,24H,10-17H2,1H3. The minimum atomic E-state index is -3.56. The SMILES string of the molecule is Cc1ccc(S(=O)(=O)N2CC3CC(CN(C(=O)C4CCC(=O)N4Cc4ccccc4Br)C3)C2)cc1. The van der Waals surface area contributed by atoms with Crippen LogP contribution in [0.15, 0.2) is 57.9 Å². The smallest absolute Gasteiger partial charge is 0.245 e. The number of rotatable bonds is 5. The Labute approximate surface area is 215 Å². The fourth-order valence-electron chi connectivity index (χ4n) is 5.68. The van der Waals surface area contributed by atoms with Crippen molar-refractivity contribution < 1.29 is 18.0 Å². The van der Waals surface area contributed by atoms with Gasteiger partial charge in [-0.2, -0.15) is 4.31 Å². The summed E-state index contributed by atoms with van der Waals surface area (Å²) in [4.78, 5) is 30.2. The van der Waals surface area contributed by atoms with Gasteiger partial charge in [0.05, 0.1) is 4.90 Å². The van der Waals surface area contributed by atoms with E-state index in [1.165, 1.54) is 0 Å². The number of nitrogens with zero attached hydrogens (tertiary/aromatic N) is 3. The summed E-state index contributed by atoms with van der Waals surface area (Å²) in [6, 6.07) is 14.3. The maximum Gasteiger partial charge on any atom is 0.245 e. The van der Waals surface area contributed by atoms with Gasteiger partial charge in [0.15, 0.2) is 0 Å². The molecule has 2 amide bonds. The quantitative estimate of drug-likeness (QED) is 0.562. The number of hydrogen-bond acceptors (Lipinski definition) is 4. The summed E-state index contributed by atoms with van der Waals surface area (Å²) in [7, 11) is -3.56. The van der Waals surface area contributed by atoms with Crippen LogP contribution in [0.3, 0.4) is 0 Å². The third-order valence-corrected chi connectivity index (χ3v) is 10.0. The molecule has 2 aromatic rings. The number of aryl methyl sites for hydroxylation is 1. The van der Waals surface area contributed by atoms with E-state index >= 15 is 0 Å². The van der Waals surface area contributed by atoms with E-state index in [-0.39, 0.29) is 23.7 Å². The largest absolute Gasteiger partial charge is 0.340 e. The molecule has 35 heavy (non-hydrogen) atoms. The van der Waals surface area contributed by atoms with Crippen molar-refractivity contribution in [2.24, 2.45) is 11.8 Å². The third kappa shape index (κ3) is 4.90. The van der Waals surface area contributed by atoms with Gasteiger partial charge in [0.1, 0.15) is 6.04 Å². The number of halogens is 1. The van der Waals surface area contributed by atoms with Gasteiger partial charge in [-0.25, -0.2) is 8.42 Å². The van der Waals surface area contributed by atoms with E-state index in [0.717, 1.165) is 22.0 Å². The van der Waals surface area contributed by atoms with E-state index in [4.69, 9.17) is 0 Å². The van der Waals surface area contributed by atoms with Gasteiger partial charge in [-0.1, -0.05) is 51.8 Å². The molecule has 3 aliphatic heterocycles. The molecule has 3 fully saturated rings. The molecule has 7 nitrogen and oxygen atoms in total. The zero-order valence-corrected chi connectivity index (χ0v) is 22.2. The molecular weight excluding hydrogens is 530 g/mol. The molecule has 3 atom stereocenters. The summed E-state index contributed by atoms with van der Waals surface area (Å²) in [5.41, 5.74) is 2.00. The highest BCUT2D eigenvalue weighted by Crippen LogP contribution is 2.34. The topological polar surface area (TPSA) is 78.0 Å². The van der Waals surface area contributed by atoms with Crippen LogP contribution in [0.4, 0.5) is 0 Å². The van der Waals surface area contributed by atoms with E-state index in [0.29, 0.717) is 50.5 Å². The number of carbonyl (C=O) groups excluding carboxylic acids is 2. The zero-order chi connectivity index (χ0) is 24.7. The Morgan fingerprint density at radius 3 is 2.31 bits per heavy atom. The third-order valence-electron chi connectivity index (χ3n) is 7.43. The van der Waals surface area contributed by atoms with E-state index in [2.05, 4.69) is 15.9 Å². The van der Waals surface area contributed by atoms with Gasteiger partial charge in [-0.15, -0.1) is 0 Å². The molecule has 2 bridgehead atoms. The molecule has 0 N–H and O–H groups in total. The molecule has 0 spiro atoms. The van der Waals surface area contributed by atoms with Crippen LogP contribution in [0.5, 0.6) is 0 Å². The van der Waals surface area contributed by atoms with Crippen LogP contribution in [0.1, 0.15) is 30.4 Å². The Bertz CT molecular complexity index is 1220. The Morgan fingerprint density at radius 1 is 1.00 bits per heavy atom. The number of benzene rings is 2. The summed E-state index contributed by atoms with van der Waals surface area (Å²) in [5, 5.41) is 0. The number of sulfonamides is 1. The van der Waals surface area contributed by atoms with E-state index < -0.39 is 16.1 Å². The second-order valence-corrected chi connectivity index (χ2v) is 12.8. The van der Waals surface area contributed by atoms with Gasteiger partial charge >= 0.3 is 0 Å². The predicted octanol–water partition coefficient (Wildman–Crippen LogP) is 3.42. The average molecular weight is 561 g/mol. The highest BCUT2D eigenvalue weighted by molar-refractivity contribution is 9.10. The maximum absolute atomic E-state index is 13.6. The van der Waals surface area contributed by atoms with Crippen LogP contribution in [0, 0.1) is 18.8 Å². The number of piperidine rings is 2. The molecule has 3 unspecified atom stereocenters. The molecule has 2 aromatic carbocycles. The van der Waals surface area contributed by atoms with Gasteiger partial charge in [0.2, 0.25) is 21.8 Å². The van der Waals surface area contributed by atoms with Gasteiger partial charge in [0, 0.05) is 43.6 Å². The summed E-state index contributed by atoms with van der Waals surface area (Å²) >= 11 is 3.54. The monoisotopic (exact) mass is 559 g/mol. The van der Waals surface area contributed by atoms with Gasteiger partial charge in [-0.05, 0) is 55.4 Å². The first-order chi connectivity index (χ1) is 16.7. The zero-order valence-electron chi connectivity index (χ0n) is 19.8. The number of amides is 2. The highest BCUT2D eigenvalue weighted by atomic mass is 79.9. The van der Waals surface area contributed by atoms with E-state index in [9.17, 15) is 18.0 Å². The molecule has 3 aliphatic rings. The lowest BCUT2D eigenvalue weighted by Gasteiger charge is -2.46. The van der Waals surface area contributed by atoms with Crippen molar-refractivity contribution in [3.8, 4) is 0 Å². The van der Waals surface area contributed by atoms with Crippen molar-refractivity contribution >= 4 is 37.8 Å². The second-order valence-electron chi connectivity index (χ2n) is 10.0. The number of hydrogen-bond donors (Lipinski definition) is 0. The van der Waals surface area contributed by atoms with E-state index in [1.54, 1.807) is 21.3 Å². The molecule has 0 radical (unpaired) electrons. The summed E-state index contributed by atoms with van der Waals surface area (Å²) in [5.74, 6) is 0.195. The second kappa shape index (κ2) is 9.67. The van der Waals surface area contributed by atoms with Gasteiger partial charge in [0.25, 0.3) is 0 Å². The lowest BCUT2D eigenvalue weighted by atomic mass is 9.85.